The van der Waals surface area contributed by atoms with Crippen LogP contribution in [-0.2, 0) is 9.47 Å². The molecule has 3 fully saturated rings. The van der Waals surface area contributed by atoms with E-state index < -0.39 is 48.5 Å². The van der Waals surface area contributed by atoms with E-state index in [0.717, 1.165) is 25.7 Å². The molecule has 8 nitrogen and oxygen atoms in total. The molecule has 1 saturated heterocycles. The number of aliphatic hydroxyl groups excluding tert-OH is 4. The van der Waals surface area contributed by atoms with Crippen molar-refractivity contribution in [2.24, 2.45) is 22.7 Å². The molecule has 198 valence electrons. The van der Waals surface area contributed by atoms with Crippen molar-refractivity contribution in [3.8, 4) is 0 Å². The normalized spacial score (nSPS) is 49.2. The van der Waals surface area contributed by atoms with E-state index in [1.54, 1.807) is 13.0 Å². The lowest BCUT2D eigenvalue weighted by atomic mass is 9.44. The predicted octanol–water partition coefficient (Wildman–Crippen LogP) is 1.49. The molecule has 0 amide bonds. The fourth-order valence-electron chi connectivity index (χ4n) is 7.26. The number of ether oxygens (including phenoxy) is 2. The minimum absolute atomic E-state index is 0.00272. The Morgan fingerprint density at radius 2 is 1.76 bits per heavy atom. The van der Waals surface area contributed by atoms with Crippen LogP contribution >= 0.6 is 0 Å². The van der Waals surface area contributed by atoms with Gasteiger partial charge < -0.3 is 40.1 Å². The Morgan fingerprint density at radius 3 is 2.38 bits per heavy atom. The van der Waals surface area contributed by atoms with Gasteiger partial charge in [-0.25, -0.2) is 0 Å². The molecule has 0 bridgehead atoms. The minimum Gasteiger partial charge on any atom is -0.394 e. The van der Waals surface area contributed by atoms with Crippen LogP contribution in [0.1, 0.15) is 72.6 Å². The zero-order valence-corrected chi connectivity index (χ0v) is 21.2. The lowest BCUT2D eigenvalue weighted by Gasteiger charge is -2.62. The summed E-state index contributed by atoms with van der Waals surface area (Å²) in [5, 5.41) is 61.9. The molecular weight excluding hydrogens is 440 g/mol. The second kappa shape index (κ2) is 10.1. The Kier molecular flexibility index (Phi) is 8.28. The molecule has 0 aromatic rings. The molecule has 8 heteroatoms. The van der Waals surface area contributed by atoms with Crippen LogP contribution in [0.25, 0.3) is 0 Å². The fraction of sp³-hybridized carbons (Fsp3) is 0.923. The van der Waals surface area contributed by atoms with Gasteiger partial charge in [0.1, 0.15) is 24.4 Å². The van der Waals surface area contributed by atoms with Gasteiger partial charge in [0.15, 0.2) is 6.29 Å². The highest BCUT2D eigenvalue weighted by Crippen LogP contribution is 2.63. The van der Waals surface area contributed by atoms with E-state index in [1.807, 2.05) is 6.92 Å². The SMILES string of the molecule is C=C[C@@](C)(O)CC[C@H]1[C@]2(C)CCC[C@@](C)(CO[C@@H]3O[C@H](CO)[C@@H](O)[C@H](O)[C@H]3O)[C@H]2CC[C@]1(C)O. The van der Waals surface area contributed by atoms with Crippen molar-refractivity contribution in [1.82, 2.24) is 0 Å². The summed E-state index contributed by atoms with van der Waals surface area (Å²) in [6.45, 7) is 11.6. The number of hydrogen-bond acceptors (Lipinski definition) is 8. The van der Waals surface area contributed by atoms with Gasteiger partial charge in [-0.15, -0.1) is 6.58 Å². The molecule has 0 radical (unpaired) electrons. The van der Waals surface area contributed by atoms with Crippen LogP contribution in [0, 0.1) is 22.7 Å². The summed E-state index contributed by atoms with van der Waals surface area (Å²) in [6.07, 6.45) is 0.679. The van der Waals surface area contributed by atoms with Crippen molar-refractivity contribution in [2.75, 3.05) is 13.2 Å². The quantitative estimate of drug-likeness (QED) is 0.284. The van der Waals surface area contributed by atoms with E-state index in [4.69, 9.17) is 9.47 Å². The van der Waals surface area contributed by atoms with Crippen LogP contribution in [0.4, 0.5) is 0 Å². The van der Waals surface area contributed by atoms with Crippen molar-refractivity contribution in [3.63, 3.8) is 0 Å². The molecule has 0 spiro atoms. The predicted molar refractivity (Wildman–Crippen MR) is 127 cm³/mol. The summed E-state index contributed by atoms with van der Waals surface area (Å²) in [6, 6.07) is 0. The molecule has 1 heterocycles. The Balaban J connectivity index is 1.78. The average Bonchev–Trinajstić information content (AvgIpc) is 2.76. The van der Waals surface area contributed by atoms with Gasteiger partial charge >= 0.3 is 0 Å². The average molecular weight is 487 g/mol. The molecular formula is C26H46O8. The smallest absolute Gasteiger partial charge is 0.186 e. The van der Waals surface area contributed by atoms with E-state index in [1.165, 1.54) is 0 Å². The molecule has 2 aliphatic carbocycles. The fourth-order valence-corrected chi connectivity index (χ4v) is 7.26. The number of hydrogen-bond donors (Lipinski definition) is 6. The molecule has 1 aliphatic heterocycles. The van der Waals surface area contributed by atoms with Crippen molar-refractivity contribution in [3.05, 3.63) is 12.7 Å². The number of fused-ring (bicyclic) bond motifs is 1. The van der Waals surface area contributed by atoms with Crippen LogP contribution in [0.3, 0.4) is 0 Å². The van der Waals surface area contributed by atoms with E-state index in [0.29, 0.717) is 19.3 Å². The van der Waals surface area contributed by atoms with Crippen LogP contribution in [0.5, 0.6) is 0 Å². The second-order valence-corrected chi connectivity index (χ2v) is 12.1. The third-order valence-corrected chi connectivity index (χ3v) is 9.39. The van der Waals surface area contributed by atoms with Gasteiger partial charge in [-0.05, 0) is 75.0 Å². The van der Waals surface area contributed by atoms with Crippen LogP contribution < -0.4 is 0 Å². The molecule has 2 saturated carbocycles. The highest BCUT2D eigenvalue weighted by atomic mass is 16.7. The first-order valence-electron chi connectivity index (χ1n) is 12.7. The highest BCUT2D eigenvalue weighted by molar-refractivity contribution is 5.09. The summed E-state index contributed by atoms with van der Waals surface area (Å²) < 4.78 is 11.6. The van der Waals surface area contributed by atoms with E-state index >= 15 is 0 Å². The van der Waals surface area contributed by atoms with Gasteiger partial charge in [0.2, 0.25) is 0 Å². The van der Waals surface area contributed by atoms with E-state index in [2.05, 4.69) is 20.4 Å². The van der Waals surface area contributed by atoms with Gasteiger partial charge in [-0.1, -0.05) is 26.3 Å². The number of rotatable bonds is 8. The van der Waals surface area contributed by atoms with Crippen LogP contribution in [0.2, 0.25) is 0 Å². The van der Waals surface area contributed by atoms with Crippen molar-refractivity contribution in [1.29, 1.82) is 0 Å². The summed E-state index contributed by atoms with van der Waals surface area (Å²) >= 11 is 0. The molecule has 0 aromatic carbocycles. The maximum Gasteiger partial charge on any atom is 0.186 e. The molecule has 3 aliphatic rings. The maximum absolute atomic E-state index is 11.4. The summed E-state index contributed by atoms with van der Waals surface area (Å²) in [4.78, 5) is 0. The highest BCUT2D eigenvalue weighted by Gasteiger charge is 2.59. The zero-order chi connectivity index (χ0) is 25.5. The first-order chi connectivity index (χ1) is 15.7. The Labute approximate surface area is 203 Å². The number of aliphatic hydroxyl groups is 6. The molecule has 11 atom stereocenters. The molecule has 3 rings (SSSR count). The topological polar surface area (TPSA) is 140 Å². The molecule has 34 heavy (non-hydrogen) atoms. The second-order valence-electron chi connectivity index (χ2n) is 12.1. The van der Waals surface area contributed by atoms with Gasteiger partial charge in [-0.3, -0.25) is 0 Å². The lowest BCUT2D eigenvalue weighted by Crippen LogP contribution is -2.61. The van der Waals surface area contributed by atoms with Gasteiger partial charge in [-0.2, -0.15) is 0 Å². The molecule has 6 N–H and O–H groups in total. The van der Waals surface area contributed by atoms with E-state index in [9.17, 15) is 30.6 Å². The van der Waals surface area contributed by atoms with Crippen molar-refractivity contribution < 1.29 is 40.1 Å². The van der Waals surface area contributed by atoms with Gasteiger partial charge in [0.05, 0.1) is 24.4 Å². The zero-order valence-electron chi connectivity index (χ0n) is 21.2. The van der Waals surface area contributed by atoms with Gasteiger partial charge in [0, 0.05) is 0 Å². The maximum atomic E-state index is 11.4. The molecule has 0 unspecified atom stereocenters. The third kappa shape index (κ3) is 5.25. The van der Waals surface area contributed by atoms with E-state index in [-0.39, 0.29) is 29.3 Å². The Hall–Kier alpha value is -0.580. The summed E-state index contributed by atoms with van der Waals surface area (Å²) in [5.74, 6) is 0.245. The minimum atomic E-state index is -1.47. The molecule has 0 aromatic heterocycles. The Bertz CT molecular complexity index is 709. The first-order valence-corrected chi connectivity index (χ1v) is 12.7. The standard InChI is InChI=1S/C26H46O8/c1-6-24(3,31)12-8-18-25(4)11-7-10-23(2,17(25)9-13-26(18,5)32)15-33-22-21(30)20(29)19(28)16(14-27)34-22/h6,16-22,27-32H,1,7-15H2,2-5H3/t16-,17-,18+,19-,20+,21-,22-,23+,24-,25-,26+/m1/s1. The summed E-state index contributed by atoms with van der Waals surface area (Å²) in [5.41, 5.74) is -2.23. The third-order valence-electron chi connectivity index (χ3n) is 9.39. The van der Waals surface area contributed by atoms with Crippen molar-refractivity contribution in [2.45, 2.75) is 115 Å². The monoisotopic (exact) mass is 486 g/mol. The lowest BCUT2D eigenvalue weighted by molar-refractivity contribution is -0.310. The van der Waals surface area contributed by atoms with Gasteiger partial charge in [0.25, 0.3) is 0 Å². The van der Waals surface area contributed by atoms with Crippen molar-refractivity contribution >= 4 is 0 Å². The first kappa shape index (κ1) is 28.0. The Morgan fingerprint density at radius 1 is 1.09 bits per heavy atom. The van der Waals surface area contributed by atoms with Crippen LogP contribution in [0.15, 0.2) is 12.7 Å². The largest absolute Gasteiger partial charge is 0.394 e. The summed E-state index contributed by atoms with van der Waals surface area (Å²) in [7, 11) is 0. The van der Waals surface area contributed by atoms with Crippen LogP contribution in [-0.4, -0.2) is 85.8 Å².